The molecule has 0 aromatic carbocycles. The van der Waals surface area contributed by atoms with E-state index in [-0.39, 0.29) is 0 Å². The van der Waals surface area contributed by atoms with Gasteiger partial charge in [0.05, 0.1) is 0 Å². The largest absolute Gasteiger partial charge is 0.311 e. The number of piperidine rings is 1. The second kappa shape index (κ2) is 8.23. The maximum absolute atomic E-state index is 3.94. The Morgan fingerprint density at radius 2 is 1.63 bits per heavy atom. The fourth-order valence-electron chi connectivity index (χ4n) is 3.44. The molecular weight excluding hydrogens is 234 g/mol. The van der Waals surface area contributed by atoms with E-state index in [1.165, 1.54) is 77.7 Å². The van der Waals surface area contributed by atoms with Gasteiger partial charge in [0, 0.05) is 12.1 Å². The minimum Gasteiger partial charge on any atom is -0.311 e. The lowest BCUT2D eigenvalue weighted by atomic mass is 10.0. The molecule has 0 saturated carbocycles. The molecule has 3 heteroatoms. The number of rotatable bonds is 5. The van der Waals surface area contributed by atoms with Gasteiger partial charge in [-0.05, 0) is 78.3 Å². The van der Waals surface area contributed by atoms with Crippen LogP contribution < -0.4 is 5.32 Å². The van der Waals surface area contributed by atoms with Crippen LogP contribution in [-0.4, -0.2) is 61.7 Å². The van der Waals surface area contributed by atoms with Crippen LogP contribution in [0.4, 0.5) is 0 Å². The average molecular weight is 267 g/mol. The Morgan fingerprint density at radius 3 is 2.37 bits per heavy atom. The summed E-state index contributed by atoms with van der Waals surface area (Å²) >= 11 is 0. The number of unbranched alkanes of at least 4 members (excludes halogenated alkanes) is 1. The van der Waals surface area contributed by atoms with Crippen molar-refractivity contribution in [2.24, 2.45) is 0 Å². The van der Waals surface area contributed by atoms with Crippen molar-refractivity contribution in [3.63, 3.8) is 0 Å². The van der Waals surface area contributed by atoms with Crippen molar-refractivity contribution in [1.82, 2.24) is 15.1 Å². The van der Waals surface area contributed by atoms with E-state index in [1.54, 1.807) is 0 Å². The summed E-state index contributed by atoms with van der Waals surface area (Å²) < 4.78 is 0. The monoisotopic (exact) mass is 267 g/mol. The number of hydrogen-bond donors (Lipinski definition) is 1. The number of nitrogens with one attached hydrogen (secondary N) is 1. The Balaban J connectivity index is 1.64. The highest BCUT2D eigenvalue weighted by Crippen LogP contribution is 2.15. The van der Waals surface area contributed by atoms with E-state index in [0.717, 1.165) is 12.1 Å². The molecular formula is C16H33N3. The highest BCUT2D eigenvalue weighted by atomic mass is 15.1. The lowest BCUT2D eigenvalue weighted by Crippen LogP contribution is -2.46. The van der Waals surface area contributed by atoms with Crippen LogP contribution in [0.5, 0.6) is 0 Å². The third-order valence-electron chi connectivity index (χ3n) is 4.84. The molecule has 2 saturated heterocycles. The first kappa shape index (κ1) is 15.3. The third kappa shape index (κ3) is 5.41. The standard InChI is InChI=1S/C16H33N3/c1-3-4-11-19-13-8-16(9-14-19)17-15-6-5-10-18(2)12-7-15/h15-17H,3-14H2,1-2H3. The summed E-state index contributed by atoms with van der Waals surface area (Å²) in [6.45, 7) is 8.78. The van der Waals surface area contributed by atoms with Gasteiger partial charge in [-0.3, -0.25) is 0 Å². The number of hydrogen-bond acceptors (Lipinski definition) is 3. The van der Waals surface area contributed by atoms with Crippen molar-refractivity contribution in [3.05, 3.63) is 0 Å². The highest BCUT2D eigenvalue weighted by Gasteiger charge is 2.22. The van der Waals surface area contributed by atoms with Gasteiger partial charge in [-0.15, -0.1) is 0 Å². The first-order valence-corrected chi connectivity index (χ1v) is 8.45. The molecule has 0 amide bonds. The van der Waals surface area contributed by atoms with Gasteiger partial charge >= 0.3 is 0 Å². The Labute approximate surface area is 119 Å². The van der Waals surface area contributed by atoms with E-state index in [2.05, 4.69) is 29.1 Å². The summed E-state index contributed by atoms with van der Waals surface area (Å²) in [4.78, 5) is 5.14. The molecule has 1 atom stereocenters. The van der Waals surface area contributed by atoms with Crippen LogP contribution in [0, 0.1) is 0 Å². The van der Waals surface area contributed by atoms with Gasteiger partial charge in [-0.2, -0.15) is 0 Å². The summed E-state index contributed by atoms with van der Waals surface area (Å²) in [6.07, 6.45) is 9.49. The van der Waals surface area contributed by atoms with Crippen LogP contribution in [-0.2, 0) is 0 Å². The summed E-state index contributed by atoms with van der Waals surface area (Å²) in [5.41, 5.74) is 0. The molecule has 0 aromatic rings. The maximum Gasteiger partial charge on any atom is 0.00940 e. The fraction of sp³-hybridized carbons (Fsp3) is 1.00. The summed E-state index contributed by atoms with van der Waals surface area (Å²) in [7, 11) is 2.26. The zero-order chi connectivity index (χ0) is 13.5. The van der Waals surface area contributed by atoms with Gasteiger partial charge in [0.2, 0.25) is 0 Å². The highest BCUT2D eigenvalue weighted by molar-refractivity contribution is 4.82. The molecule has 0 aromatic heterocycles. The quantitative estimate of drug-likeness (QED) is 0.825. The van der Waals surface area contributed by atoms with E-state index in [1.807, 2.05) is 0 Å². The van der Waals surface area contributed by atoms with Crippen LogP contribution >= 0.6 is 0 Å². The average Bonchev–Trinajstić information content (AvgIpc) is 2.63. The molecule has 2 fully saturated rings. The summed E-state index contributed by atoms with van der Waals surface area (Å²) in [5, 5.41) is 3.94. The minimum absolute atomic E-state index is 0.775. The molecule has 2 aliphatic heterocycles. The van der Waals surface area contributed by atoms with Crippen molar-refractivity contribution in [2.75, 3.05) is 39.8 Å². The van der Waals surface area contributed by atoms with E-state index < -0.39 is 0 Å². The Kier molecular flexibility index (Phi) is 6.62. The van der Waals surface area contributed by atoms with Gasteiger partial charge in [0.1, 0.15) is 0 Å². The topological polar surface area (TPSA) is 18.5 Å². The summed E-state index contributed by atoms with van der Waals surface area (Å²) in [6, 6.07) is 1.56. The van der Waals surface area contributed by atoms with Gasteiger partial charge in [-0.25, -0.2) is 0 Å². The molecule has 112 valence electrons. The lowest BCUT2D eigenvalue weighted by molar-refractivity contribution is 0.186. The van der Waals surface area contributed by atoms with Gasteiger partial charge < -0.3 is 15.1 Å². The fourth-order valence-corrected chi connectivity index (χ4v) is 3.44. The Hall–Kier alpha value is -0.120. The van der Waals surface area contributed by atoms with Crippen molar-refractivity contribution >= 4 is 0 Å². The van der Waals surface area contributed by atoms with Gasteiger partial charge in [0.15, 0.2) is 0 Å². The van der Waals surface area contributed by atoms with E-state index in [0.29, 0.717) is 0 Å². The molecule has 19 heavy (non-hydrogen) atoms. The Morgan fingerprint density at radius 1 is 0.947 bits per heavy atom. The molecule has 2 rings (SSSR count). The molecule has 0 radical (unpaired) electrons. The number of likely N-dealkylation sites (tertiary alicyclic amines) is 2. The van der Waals surface area contributed by atoms with Crippen LogP contribution in [0.3, 0.4) is 0 Å². The molecule has 0 bridgehead atoms. The number of nitrogens with zero attached hydrogens (tertiary/aromatic N) is 2. The first-order chi connectivity index (χ1) is 9.28. The van der Waals surface area contributed by atoms with Crippen molar-refractivity contribution in [2.45, 2.75) is 64.0 Å². The molecule has 2 aliphatic rings. The molecule has 2 heterocycles. The second-order valence-electron chi connectivity index (χ2n) is 6.57. The zero-order valence-electron chi connectivity index (χ0n) is 13.0. The minimum atomic E-state index is 0.775. The summed E-state index contributed by atoms with van der Waals surface area (Å²) in [5.74, 6) is 0. The predicted octanol–water partition coefficient (Wildman–Crippen LogP) is 2.32. The molecule has 1 unspecified atom stereocenters. The van der Waals surface area contributed by atoms with Crippen LogP contribution in [0.25, 0.3) is 0 Å². The van der Waals surface area contributed by atoms with E-state index in [4.69, 9.17) is 0 Å². The smallest absolute Gasteiger partial charge is 0.00940 e. The van der Waals surface area contributed by atoms with Gasteiger partial charge in [0.25, 0.3) is 0 Å². The van der Waals surface area contributed by atoms with Crippen molar-refractivity contribution < 1.29 is 0 Å². The van der Waals surface area contributed by atoms with E-state index in [9.17, 15) is 0 Å². The second-order valence-corrected chi connectivity index (χ2v) is 6.57. The van der Waals surface area contributed by atoms with E-state index >= 15 is 0 Å². The van der Waals surface area contributed by atoms with Gasteiger partial charge in [-0.1, -0.05) is 13.3 Å². The lowest BCUT2D eigenvalue weighted by Gasteiger charge is -2.34. The van der Waals surface area contributed by atoms with Crippen molar-refractivity contribution in [3.8, 4) is 0 Å². The normalized spacial score (nSPS) is 28.4. The van der Waals surface area contributed by atoms with Crippen LogP contribution in [0.2, 0.25) is 0 Å². The van der Waals surface area contributed by atoms with Crippen LogP contribution in [0.15, 0.2) is 0 Å². The zero-order valence-corrected chi connectivity index (χ0v) is 13.0. The first-order valence-electron chi connectivity index (χ1n) is 8.45. The molecule has 1 N–H and O–H groups in total. The third-order valence-corrected chi connectivity index (χ3v) is 4.84. The predicted molar refractivity (Wildman–Crippen MR) is 82.6 cm³/mol. The van der Waals surface area contributed by atoms with Crippen molar-refractivity contribution in [1.29, 1.82) is 0 Å². The maximum atomic E-state index is 3.94. The molecule has 3 nitrogen and oxygen atoms in total. The molecule has 0 spiro atoms. The van der Waals surface area contributed by atoms with Crippen LogP contribution in [0.1, 0.15) is 51.9 Å². The Bertz CT molecular complexity index is 236. The SMILES string of the molecule is CCCCN1CCC(NC2CCCN(C)CC2)CC1. The molecule has 0 aliphatic carbocycles.